The van der Waals surface area contributed by atoms with Crippen LogP contribution < -0.4 is 16.0 Å². The van der Waals surface area contributed by atoms with E-state index in [1.54, 1.807) is 12.5 Å². The van der Waals surface area contributed by atoms with Gasteiger partial charge in [0.15, 0.2) is 0 Å². The third kappa shape index (κ3) is 3.54. The molecule has 0 unspecified atom stereocenters. The van der Waals surface area contributed by atoms with Crippen molar-refractivity contribution in [3.63, 3.8) is 0 Å². The Labute approximate surface area is 160 Å². The average Bonchev–Trinajstić information content (AvgIpc) is 3.27. The molecular formula is C19H18N6O3. The van der Waals surface area contributed by atoms with Gasteiger partial charge < -0.3 is 10.6 Å². The number of rotatable bonds is 6. The molecule has 0 saturated carbocycles. The third-order valence-corrected chi connectivity index (χ3v) is 4.54. The van der Waals surface area contributed by atoms with Crippen LogP contribution in [0.2, 0.25) is 0 Å². The van der Waals surface area contributed by atoms with E-state index in [2.05, 4.69) is 25.9 Å². The Balaban J connectivity index is 1.42. The fourth-order valence-corrected chi connectivity index (χ4v) is 3.13. The lowest BCUT2D eigenvalue weighted by molar-refractivity contribution is -0.122. The number of para-hydroxylation sites is 2. The van der Waals surface area contributed by atoms with Crippen molar-refractivity contribution in [3.8, 4) is 5.82 Å². The quantitative estimate of drug-likeness (QED) is 0.554. The highest BCUT2D eigenvalue weighted by Crippen LogP contribution is 2.19. The molecule has 1 aromatic carbocycles. The summed E-state index contributed by atoms with van der Waals surface area (Å²) >= 11 is 0. The molecule has 1 saturated heterocycles. The molecule has 0 radical (unpaired) electrons. The minimum atomic E-state index is -0.662. The first-order valence-corrected chi connectivity index (χ1v) is 8.86. The van der Waals surface area contributed by atoms with Crippen LogP contribution in [0.3, 0.4) is 0 Å². The van der Waals surface area contributed by atoms with Gasteiger partial charge in [-0.25, -0.2) is 14.8 Å². The minimum Gasteiger partial charge on any atom is -0.352 e. The number of urea groups is 1. The maximum absolute atomic E-state index is 12.2. The highest BCUT2D eigenvalue weighted by molar-refractivity contribution is 6.04. The van der Waals surface area contributed by atoms with Crippen LogP contribution in [-0.2, 0) is 16.1 Å². The molecule has 142 valence electrons. The Kier molecular flexibility index (Phi) is 4.71. The second-order valence-electron chi connectivity index (χ2n) is 6.42. The van der Waals surface area contributed by atoms with Crippen LogP contribution in [0.1, 0.15) is 18.4 Å². The third-order valence-electron chi connectivity index (χ3n) is 4.54. The number of benzene rings is 1. The van der Waals surface area contributed by atoms with Crippen molar-refractivity contribution < 1.29 is 14.4 Å². The molecule has 3 N–H and O–H groups in total. The van der Waals surface area contributed by atoms with Gasteiger partial charge in [-0.15, -0.1) is 0 Å². The lowest BCUT2D eigenvalue weighted by Gasteiger charge is -2.12. The van der Waals surface area contributed by atoms with E-state index >= 15 is 0 Å². The predicted octanol–water partition coefficient (Wildman–Crippen LogP) is 1.02. The van der Waals surface area contributed by atoms with E-state index in [9.17, 15) is 14.4 Å². The number of imide groups is 1. The molecule has 3 aromatic rings. The van der Waals surface area contributed by atoms with E-state index in [-0.39, 0.29) is 25.3 Å². The first kappa shape index (κ1) is 17.7. The van der Waals surface area contributed by atoms with Gasteiger partial charge >= 0.3 is 6.03 Å². The van der Waals surface area contributed by atoms with Gasteiger partial charge in [-0.3, -0.25) is 19.5 Å². The van der Waals surface area contributed by atoms with E-state index < -0.39 is 18.0 Å². The second kappa shape index (κ2) is 7.47. The van der Waals surface area contributed by atoms with Crippen molar-refractivity contribution in [2.75, 3.05) is 0 Å². The standard InChI is InChI=1S/C19H18N6O3/c26-16(8-7-14-18(27)24-19(28)23-14)21-10-12-4-3-9-20-17(12)25-11-22-13-5-1-2-6-15(13)25/h1-6,9,11,14H,7-8,10H2,(H,21,26)(H2,23,24,27,28)/t14-/m1/s1. The molecule has 0 bridgehead atoms. The first-order chi connectivity index (χ1) is 13.6. The number of hydrogen-bond acceptors (Lipinski definition) is 5. The Hall–Kier alpha value is -3.75. The van der Waals surface area contributed by atoms with Gasteiger partial charge in [-0.1, -0.05) is 18.2 Å². The topological polar surface area (TPSA) is 118 Å². The van der Waals surface area contributed by atoms with Gasteiger partial charge in [0, 0.05) is 24.7 Å². The van der Waals surface area contributed by atoms with Crippen molar-refractivity contribution in [1.82, 2.24) is 30.5 Å². The molecule has 1 atom stereocenters. The van der Waals surface area contributed by atoms with E-state index in [1.807, 2.05) is 41.0 Å². The normalized spacial score (nSPS) is 16.1. The van der Waals surface area contributed by atoms with Crippen LogP contribution in [0, 0.1) is 0 Å². The monoisotopic (exact) mass is 378 g/mol. The minimum absolute atomic E-state index is 0.127. The number of nitrogens with zero attached hydrogens (tertiary/aromatic N) is 3. The summed E-state index contributed by atoms with van der Waals surface area (Å²) in [6, 6.07) is 10.3. The largest absolute Gasteiger partial charge is 0.352 e. The summed E-state index contributed by atoms with van der Waals surface area (Å²) in [5.41, 5.74) is 2.63. The zero-order chi connectivity index (χ0) is 19.5. The van der Waals surface area contributed by atoms with Gasteiger partial charge in [-0.2, -0.15) is 0 Å². The number of hydrogen-bond donors (Lipinski definition) is 3. The number of aromatic nitrogens is 3. The molecule has 0 spiro atoms. The number of pyridine rings is 1. The van der Waals surface area contributed by atoms with Crippen LogP contribution in [-0.4, -0.2) is 38.4 Å². The number of imidazole rings is 1. The molecular weight excluding hydrogens is 360 g/mol. The number of amides is 4. The molecule has 2 aromatic heterocycles. The average molecular weight is 378 g/mol. The number of fused-ring (bicyclic) bond motifs is 1. The number of carbonyl (C=O) groups is 3. The van der Waals surface area contributed by atoms with Crippen LogP contribution in [0.25, 0.3) is 16.9 Å². The Morgan fingerprint density at radius 3 is 2.82 bits per heavy atom. The van der Waals surface area contributed by atoms with Gasteiger partial charge in [0.25, 0.3) is 5.91 Å². The zero-order valence-electron chi connectivity index (χ0n) is 14.9. The van der Waals surface area contributed by atoms with Crippen LogP contribution in [0.4, 0.5) is 4.79 Å². The summed E-state index contributed by atoms with van der Waals surface area (Å²) in [7, 11) is 0. The molecule has 1 aliphatic rings. The lowest BCUT2D eigenvalue weighted by Crippen LogP contribution is -2.31. The summed E-state index contributed by atoms with van der Waals surface area (Å²) in [5, 5.41) is 7.47. The number of carbonyl (C=O) groups excluding carboxylic acids is 3. The van der Waals surface area contributed by atoms with Gasteiger partial charge in [0.05, 0.1) is 11.0 Å². The smallest absolute Gasteiger partial charge is 0.322 e. The molecule has 4 amide bonds. The lowest BCUT2D eigenvalue weighted by atomic mass is 10.1. The highest BCUT2D eigenvalue weighted by Gasteiger charge is 2.29. The Morgan fingerprint density at radius 2 is 2.00 bits per heavy atom. The summed E-state index contributed by atoms with van der Waals surface area (Å²) in [4.78, 5) is 43.6. The predicted molar refractivity (Wildman–Crippen MR) is 100 cm³/mol. The second-order valence-corrected chi connectivity index (χ2v) is 6.42. The van der Waals surface area contributed by atoms with Crippen molar-refractivity contribution in [2.45, 2.75) is 25.4 Å². The van der Waals surface area contributed by atoms with Gasteiger partial charge in [0.2, 0.25) is 5.91 Å². The maximum atomic E-state index is 12.2. The number of nitrogens with one attached hydrogen (secondary N) is 3. The summed E-state index contributed by atoms with van der Waals surface area (Å²) in [5.74, 6) is 0.0810. The van der Waals surface area contributed by atoms with E-state index in [0.717, 1.165) is 16.6 Å². The van der Waals surface area contributed by atoms with Crippen LogP contribution in [0.15, 0.2) is 48.9 Å². The van der Waals surface area contributed by atoms with E-state index in [0.29, 0.717) is 5.82 Å². The van der Waals surface area contributed by atoms with Crippen LogP contribution in [0.5, 0.6) is 0 Å². The van der Waals surface area contributed by atoms with Crippen LogP contribution >= 0.6 is 0 Å². The fourth-order valence-electron chi connectivity index (χ4n) is 3.13. The summed E-state index contributed by atoms with van der Waals surface area (Å²) in [6.45, 7) is 0.289. The van der Waals surface area contributed by atoms with Gasteiger partial charge in [0.1, 0.15) is 18.2 Å². The molecule has 9 nitrogen and oxygen atoms in total. The maximum Gasteiger partial charge on any atom is 0.322 e. The van der Waals surface area contributed by atoms with Crippen molar-refractivity contribution in [3.05, 3.63) is 54.5 Å². The molecule has 1 fully saturated rings. The van der Waals surface area contributed by atoms with Crippen molar-refractivity contribution in [1.29, 1.82) is 0 Å². The molecule has 28 heavy (non-hydrogen) atoms. The molecule has 4 rings (SSSR count). The molecule has 0 aliphatic carbocycles. The SMILES string of the molecule is O=C(CC[C@H]1NC(=O)NC1=O)NCc1cccnc1-n1cnc2ccccc21. The van der Waals surface area contributed by atoms with Crippen molar-refractivity contribution in [2.24, 2.45) is 0 Å². The zero-order valence-corrected chi connectivity index (χ0v) is 14.9. The molecule has 3 heterocycles. The highest BCUT2D eigenvalue weighted by atomic mass is 16.2. The molecule has 1 aliphatic heterocycles. The van der Waals surface area contributed by atoms with E-state index in [4.69, 9.17) is 0 Å². The first-order valence-electron chi connectivity index (χ1n) is 8.86. The van der Waals surface area contributed by atoms with Gasteiger partial charge in [-0.05, 0) is 24.6 Å². The van der Waals surface area contributed by atoms with E-state index in [1.165, 1.54) is 0 Å². The Morgan fingerprint density at radius 1 is 1.14 bits per heavy atom. The summed E-state index contributed by atoms with van der Waals surface area (Å²) in [6.07, 6.45) is 3.77. The summed E-state index contributed by atoms with van der Waals surface area (Å²) < 4.78 is 1.88. The molecule has 9 heteroatoms. The Bertz CT molecular complexity index is 1060. The van der Waals surface area contributed by atoms with Crippen molar-refractivity contribution >= 4 is 28.9 Å². The fraction of sp³-hybridized carbons (Fsp3) is 0.211.